The number of aromatic nitrogens is 3. The summed E-state index contributed by atoms with van der Waals surface area (Å²) >= 11 is 0. The average Bonchev–Trinajstić information content (AvgIpc) is 2.43. The van der Waals surface area contributed by atoms with Gasteiger partial charge in [0.25, 0.3) is 0 Å². The summed E-state index contributed by atoms with van der Waals surface area (Å²) in [5.74, 6) is 1.62. The van der Waals surface area contributed by atoms with Crippen LogP contribution in [0.25, 0.3) is 11.3 Å². The van der Waals surface area contributed by atoms with Gasteiger partial charge in [0.1, 0.15) is 17.8 Å². The first kappa shape index (κ1) is 13.3. The topological polar surface area (TPSA) is 59.9 Å². The lowest BCUT2D eigenvalue weighted by molar-refractivity contribution is 0.411. The van der Waals surface area contributed by atoms with Gasteiger partial charge in [-0.3, -0.25) is 0 Å². The van der Waals surface area contributed by atoms with Gasteiger partial charge in [0.05, 0.1) is 7.11 Å². The molecule has 0 amide bonds. The summed E-state index contributed by atoms with van der Waals surface area (Å²) < 4.78 is 5.39. The number of nitrogens with zero attached hydrogens (tertiary/aromatic N) is 3. The van der Waals surface area contributed by atoms with E-state index >= 15 is 0 Å². The lowest BCUT2D eigenvalue weighted by atomic mass is 9.95. The van der Waals surface area contributed by atoms with Crippen molar-refractivity contribution in [3.63, 3.8) is 0 Å². The summed E-state index contributed by atoms with van der Waals surface area (Å²) in [6.07, 6.45) is 1.44. The Labute approximate surface area is 113 Å². The van der Waals surface area contributed by atoms with E-state index in [1.165, 1.54) is 6.33 Å². The molecule has 0 unspecified atom stereocenters. The van der Waals surface area contributed by atoms with Gasteiger partial charge in [-0.1, -0.05) is 0 Å². The highest BCUT2D eigenvalue weighted by Gasteiger charge is 2.17. The third-order valence-electron chi connectivity index (χ3n) is 3.36. The van der Waals surface area contributed by atoms with Crippen LogP contribution < -0.4 is 10.1 Å². The molecule has 1 N–H and O–H groups in total. The molecule has 0 saturated heterocycles. The number of hydrogen-bond acceptors (Lipinski definition) is 5. The molecule has 19 heavy (non-hydrogen) atoms. The number of aryl methyl sites for hydroxylation is 1. The maximum absolute atomic E-state index is 5.39. The summed E-state index contributed by atoms with van der Waals surface area (Å²) in [6, 6.07) is 2.02. The molecule has 1 aromatic carbocycles. The molecule has 5 nitrogen and oxygen atoms in total. The zero-order valence-corrected chi connectivity index (χ0v) is 11.9. The molecule has 100 valence electrons. The van der Waals surface area contributed by atoms with E-state index in [9.17, 15) is 0 Å². The minimum Gasteiger partial charge on any atom is -0.496 e. The van der Waals surface area contributed by atoms with Gasteiger partial charge in [0, 0.05) is 12.6 Å². The molecule has 0 radical (unpaired) electrons. The van der Waals surface area contributed by atoms with Crippen LogP contribution in [0, 0.1) is 20.8 Å². The van der Waals surface area contributed by atoms with Crippen molar-refractivity contribution in [3.05, 3.63) is 29.1 Å². The second kappa shape index (κ2) is 5.22. The lowest BCUT2D eigenvalue weighted by Crippen LogP contribution is -2.03. The number of rotatable bonds is 3. The lowest BCUT2D eigenvalue weighted by Gasteiger charge is -2.16. The molecule has 0 bridgehead atoms. The fourth-order valence-corrected chi connectivity index (χ4v) is 2.25. The maximum Gasteiger partial charge on any atom is 0.156 e. The van der Waals surface area contributed by atoms with Crippen LogP contribution in [0.2, 0.25) is 0 Å². The quantitative estimate of drug-likeness (QED) is 0.916. The smallest absolute Gasteiger partial charge is 0.156 e. The van der Waals surface area contributed by atoms with Gasteiger partial charge >= 0.3 is 0 Å². The van der Waals surface area contributed by atoms with Crippen molar-refractivity contribution in [1.29, 1.82) is 0 Å². The Morgan fingerprint density at radius 1 is 1.16 bits per heavy atom. The van der Waals surface area contributed by atoms with Crippen molar-refractivity contribution in [2.24, 2.45) is 0 Å². The fraction of sp³-hybridized carbons (Fsp3) is 0.357. The van der Waals surface area contributed by atoms with Gasteiger partial charge in [-0.25, -0.2) is 4.98 Å². The molecule has 2 aromatic rings. The standard InChI is InChI=1S/C14H18N4O/c1-8-6-11(19-5)9(2)10(3)12(8)13-14(15-4)16-7-17-18-13/h6-7H,1-5H3,(H,15,16,17). The van der Waals surface area contributed by atoms with E-state index in [0.717, 1.165) is 39.5 Å². The first-order valence-electron chi connectivity index (χ1n) is 6.10. The van der Waals surface area contributed by atoms with E-state index in [4.69, 9.17) is 4.74 Å². The third kappa shape index (κ3) is 2.23. The van der Waals surface area contributed by atoms with Crippen molar-refractivity contribution in [2.75, 3.05) is 19.5 Å². The van der Waals surface area contributed by atoms with Crippen LogP contribution in [0.4, 0.5) is 5.82 Å². The SMILES string of the molecule is CNc1ncnnc1-c1c(C)cc(OC)c(C)c1C. The van der Waals surface area contributed by atoms with Crippen LogP contribution in [0.1, 0.15) is 16.7 Å². The highest BCUT2D eigenvalue weighted by atomic mass is 16.5. The molecule has 0 aliphatic carbocycles. The van der Waals surface area contributed by atoms with Gasteiger partial charge in [0.2, 0.25) is 0 Å². The first-order valence-corrected chi connectivity index (χ1v) is 6.10. The predicted molar refractivity (Wildman–Crippen MR) is 75.6 cm³/mol. The minimum absolute atomic E-state index is 0.728. The molecular weight excluding hydrogens is 240 g/mol. The van der Waals surface area contributed by atoms with Gasteiger partial charge in [-0.05, 0) is 43.5 Å². The third-order valence-corrected chi connectivity index (χ3v) is 3.36. The first-order chi connectivity index (χ1) is 9.10. The van der Waals surface area contributed by atoms with Gasteiger partial charge < -0.3 is 10.1 Å². The highest BCUT2D eigenvalue weighted by molar-refractivity contribution is 5.78. The van der Waals surface area contributed by atoms with Crippen molar-refractivity contribution < 1.29 is 4.74 Å². The Balaban J connectivity index is 2.73. The predicted octanol–water partition coefficient (Wildman–Crippen LogP) is 2.51. The zero-order chi connectivity index (χ0) is 14.0. The van der Waals surface area contributed by atoms with Crippen LogP contribution >= 0.6 is 0 Å². The van der Waals surface area contributed by atoms with E-state index in [2.05, 4.69) is 27.4 Å². The molecule has 0 aliphatic rings. The van der Waals surface area contributed by atoms with Gasteiger partial charge in [-0.2, -0.15) is 0 Å². The Morgan fingerprint density at radius 2 is 1.89 bits per heavy atom. The van der Waals surface area contributed by atoms with Crippen molar-refractivity contribution in [1.82, 2.24) is 15.2 Å². The zero-order valence-electron chi connectivity index (χ0n) is 11.9. The van der Waals surface area contributed by atoms with Crippen molar-refractivity contribution >= 4 is 5.82 Å². The fourth-order valence-electron chi connectivity index (χ4n) is 2.25. The Bertz CT molecular complexity index is 611. The number of anilines is 1. The molecule has 0 aliphatic heterocycles. The Kier molecular flexibility index (Phi) is 3.64. The number of benzene rings is 1. The summed E-state index contributed by atoms with van der Waals surface area (Å²) in [7, 11) is 3.51. The van der Waals surface area contributed by atoms with Crippen LogP contribution in [0.15, 0.2) is 12.4 Å². The molecule has 0 saturated carbocycles. The average molecular weight is 258 g/mol. The molecule has 0 atom stereocenters. The summed E-state index contributed by atoms with van der Waals surface area (Å²) in [5.41, 5.74) is 5.17. The molecule has 0 spiro atoms. The largest absolute Gasteiger partial charge is 0.496 e. The molecule has 2 rings (SSSR count). The van der Waals surface area contributed by atoms with Crippen LogP contribution in [0.5, 0.6) is 5.75 Å². The van der Waals surface area contributed by atoms with Crippen LogP contribution in [-0.4, -0.2) is 29.3 Å². The number of ether oxygens (including phenoxy) is 1. The number of hydrogen-bond donors (Lipinski definition) is 1. The normalized spacial score (nSPS) is 10.4. The Hall–Kier alpha value is -2.17. The number of nitrogens with one attached hydrogen (secondary N) is 1. The summed E-state index contributed by atoms with van der Waals surface area (Å²) in [4.78, 5) is 4.21. The van der Waals surface area contributed by atoms with E-state index in [0.29, 0.717) is 0 Å². The van der Waals surface area contributed by atoms with Gasteiger partial charge in [0.15, 0.2) is 5.82 Å². The number of methoxy groups -OCH3 is 1. The molecule has 1 aromatic heterocycles. The summed E-state index contributed by atoms with van der Waals surface area (Å²) in [5, 5.41) is 11.2. The second-order valence-electron chi connectivity index (χ2n) is 4.43. The molecule has 1 heterocycles. The Morgan fingerprint density at radius 3 is 2.53 bits per heavy atom. The van der Waals surface area contributed by atoms with Crippen LogP contribution in [-0.2, 0) is 0 Å². The van der Waals surface area contributed by atoms with E-state index in [1.54, 1.807) is 7.11 Å². The maximum atomic E-state index is 5.39. The molecule has 5 heteroatoms. The second-order valence-corrected chi connectivity index (χ2v) is 4.43. The van der Waals surface area contributed by atoms with E-state index < -0.39 is 0 Å². The minimum atomic E-state index is 0.728. The molecular formula is C14H18N4O. The summed E-state index contributed by atoms with van der Waals surface area (Å²) in [6.45, 7) is 6.15. The highest BCUT2D eigenvalue weighted by Crippen LogP contribution is 2.35. The monoisotopic (exact) mass is 258 g/mol. The van der Waals surface area contributed by atoms with E-state index in [-0.39, 0.29) is 0 Å². The van der Waals surface area contributed by atoms with Crippen molar-refractivity contribution in [3.8, 4) is 17.0 Å². The van der Waals surface area contributed by atoms with Crippen LogP contribution in [0.3, 0.4) is 0 Å². The van der Waals surface area contributed by atoms with E-state index in [1.807, 2.05) is 27.0 Å². The van der Waals surface area contributed by atoms with Crippen molar-refractivity contribution in [2.45, 2.75) is 20.8 Å². The molecule has 0 fully saturated rings. The van der Waals surface area contributed by atoms with Gasteiger partial charge in [-0.15, -0.1) is 10.2 Å².